The summed E-state index contributed by atoms with van der Waals surface area (Å²) in [7, 11) is 1.95. The van der Waals surface area contributed by atoms with Gasteiger partial charge in [-0.05, 0) is 38.1 Å². The van der Waals surface area contributed by atoms with Crippen LogP contribution in [0.15, 0.2) is 12.4 Å². The highest BCUT2D eigenvalue weighted by Crippen LogP contribution is 2.31. The molecule has 0 aromatic carbocycles. The number of hydrogen-bond acceptors (Lipinski definition) is 5. The molecule has 0 radical (unpaired) electrons. The molecule has 3 fully saturated rings. The quantitative estimate of drug-likeness (QED) is 0.841. The van der Waals surface area contributed by atoms with Crippen LogP contribution in [0.2, 0.25) is 0 Å². The summed E-state index contributed by atoms with van der Waals surface area (Å²) in [5, 5.41) is 0. The van der Waals surface area contributed by atoms with Gasteiger partial charge in [0.1, 0.15) is 0 Å². The number of aromatic nitrogens is 2. The van der Waals surface area contributed by atoms with E-state index in [-0.39, 0.29) is 0 Å². The van der Waals surface area contributed by atoms with Crippen molar-refractivity contribution in [3.8, 4) is 0 Å². The van der Waals surface area contributed by atoms with Gasteiger partial charge in [0.25, 0.3) is 0 Å². The van der Waals surface area contributed by atoms with Gasteiger partial charge in [-0.15, -0.1) is 0 Å². The van der Waals surface area contributed by atoms with Gasteiger partial charge in [0.05, 0.1) is 0 Å². The Morgan fingerprint density at radius 2 is 1.88 bits per heavy atom. The van der Waals surface area contributed by atoms with Gasteiger partial charge in [-0.25, -0.2) is 9.97 Å². The van der Waals surface area contributed by atoms with Crippen molar-refractivity contribution in [1.29, 1.82) is 0 Å². The lowest BCUT2D eigenvalue weighted by molar-refractivity contribution is -0.127. The van der Waals surface area contributed by atoms with E-state index >= 15 is 0 Å². The van der Waals surface area contributed by atoms with E-state index in [1.807, 2.05) is 24.3 Å². The largest absolute Gasteiger partial charge is 0.341 e. The van der Waals surface area contributed by atoms with Crippen LogP contribution in [0.25, 0.3) is 0 Å². The van der Waals surface area contributed by atoms with Crippen LogP contribution in [0, 0.1) is 5.92 Å². The maximum Gasteiger partial charge on any atom is 0.225 e. The van der Waals surface area contributed by atoms with Crippen LogP contribution >= 0.6 is 0 Å². The van der Waals surface area contributed by atoms with E-state index in [4.69, 9.17) is 0 Å². The van der Waals surface area contributed by atoms with Crippen LogP contribution in [0.4, 0.5) is 5.95 Å². The average Bonchev–Trinajstić information content (AvgIpc) is 2.91. The smallest absolute Gasteiger partial charge is 0.225 e. The SMILES string of the molecule is CN1C(=O)C[C@H]2CCN(Cc3cnc(N4CCCCC4)nc3)C[C@H]21. The van der Waals surface area contributed by atoms with Gasteiger partial charge in [0.15, 0.2) is 0 Å². The molecule has 4 rings (SSSR count). The average molecular weight is 329 g/mol. The number of rotatable bonds is 3. The Morgan fingerprint density at radius 3 is 2.62 bits per heavy atom. The zero-order valence-corrected chi connectivity index (χ0v) is 14.5. The van der Waals surface area contributed by atoms with E-state index in [0.29, 0.717) is 17.9 Å². The van der Waals surface area contributed by atoms with Crippen LogP contribution in [0.1, 0.15) is 37.7 Å². The van der Waals surface area contributed by atoms with Gasteiger partial charge in [0.2, 0.25) is 11.9 Å². The van der Waals surface area contributed by atoms with E-state index in [1.165, 1.54) is 24.8 Å². The number of carbonyl (C=O) groups excluding carboxylic acids is 1. The first kappa shape index (κ1) is 15.8. The Labute approximate surface area is 143 Å². The molecule has 6 heteroatoms. The van der Waals surface area contributed by atoms with Crippen LogP contribution < -0.4 is 4.90 Å². The third-order valence-electron chi connectivity index (χ3n) is 5.87. The molecule has 4 heterocycles. The number of fused-ring (bicyclic) bond motifs is 1. The minimum atomic E-state index is 0.307. The molecule has 3 aliphatic rings. The lowest BCUT2D eigenvalue weighted by atomic mass is 9.92. The predicted octanol–water partition coefficient (Wildman–Crippen LogP) is 1.52. The summed E-state index contributed by atoms with van der Waals surface area (Å²) in [5.74, 6) is 1.73. The third kappa shape index (κ3) is 3.11. The summed E-state index contributed by atoms with van der Waals surface area (Å²) < 4.78 is 0. The van der Waals surface area contributed by atoms with Crippen LogP contribution in [0.5, 0.6) is 0 Å². The number of nitrogens with zero attached hydrogens (tertiary/aromatic N) is 5. The second-order valence-corrected chi connectivity index (χ2v) is 7.50. The zero-order chi connectivity index (χ0) is 16.5. The molecule has 1 amide bonds. The predicted molar refractivity (Wildman–Crippen MR) is 92.7 cm³/mol. The van der Waals surface area contributed by atoms with Gasteiger partial charge in [-0.2, -0.15) is 0 Å². The summed E-state index contributed by atoms with van der Waals surface area (Å²) in [4.78, 5) is 27.7. The van der Waals surface area contributed by atoms with E-state index < -0.39 is 0 Å². The molecular weight excluding hydrogens is 302 g/mol. The number of hydrogen-bond donors (Lipinski definition) is 0. The van der Waals surface area contributed by atoms with E-state index in [2.05, 4.69) is 19.8 Å². The topological polar surface area (TPSA) is 52.6 Å². The van der Waals surface area contributed by atoms with Crippen molar-refractivity contribution < 1.29 is 4.79 Å². The molecule has 0 spiro atoms. The first-order chi connectivity index (χ1) is 11.7. The molecule has 0 bridgehead atoms. The number of piperidine rings is 2. The molecule has 3 aliphatic heterocycles. The molecule has 6 nitrogen and oxygen atoms in total. The van der Waals surface area contributed by atoms with Crippen molar-refractivity contribution in [3.63, 3.8) is 0 Å². The maximum absolute atomic E-state index is 11.9. The lowest BCUT2D eigenvalue weighted by Gasteiger charge is -2.37. The van der Waals surface area contributed by atoms with Crippen molar-refractivity contribution in [2.75, 3.05) is 38.1 Å². The normalized spacial score (nSPS) is 28.3. The van der Waals surface area contributed by atoms with Crippen molar-refractivity contribution in [1.82, 2.24) is 19.8 Å². The fraction of sp³-hybridized carbons (Fsp3) is 0.722. The maximum atomic E-state index is 11.9. The molecular formula is C18H27N5O. The highest BCUT2D eigenvalue weighted by atomic mass is 16.2. The van der Waals surface area contributed by atoms with Crippen molar-refractivity contribution in [2.24, 2.45) is 5.92 Å². The molecule has 1 aromatic heterocycles. The zero-order valence-electron chi connectivity index (χ0n) is 14.5. The number of carbonyl (C=O) groups is 1. The number of anilines is 1. The van der Waals surface area contributed by atoms with Gasteiger partial charge in [-0.1, -0.05) is 0 Å². The highest BCUT2D eigenvalue weighted by molar-refractivity contribution is 5.79. The van der Waals surface area contributed by atoms with Gasteiger partial charge in [0, 0.05) is 63.6 Å². The first-order valence-electron chi connectivity index (χ1n) is 9.24. The second kappa shape index (κ2) is 6.67. The first-order valence-corrected chi connectivity index (χ1v) is 9.24. The molecule has 1 aromatic rings. The van der Waals surface area contributed by atoms with Crippen molar-refractivity contribution >= 4 is 11.9 Å². The minimum Gasteiger partial charge on any atom is -0.341 e. The standard InChI is InChI=1S/C18H27N5O/c1-21-16-13-22(8-5-15(16)9-17(21)24)12-14-10-19-18(20-11-14)23-6-3-2-4-7-23/h10-11,15-16H,2-9,12-13H2,1H3/t15-,16-/m1/s1. The molecule has 2 atom stereocenters. The van der Waals surface area contributed by atoms with Crippen LogP contribution in [0.3, 0.4) is 0 Å². The van der Waals surface area contributed by atoms with Crippen molar-refractivity contribution in [3.05, 3.63) is 18.0 Å². The number of likely N-dealkylation sites (tertiary alicyclic amines) is 2. The molecule has 0 aliphatic carbocycles. The van der Waals surface area contributed by atoms with Crippen LogP contribution in [-0.2, 0) is 11.3 Å². The second-order valence-electron chi connectivity index (χ2n) is 7.50. The molecule has 0 saturated carbocycles. The fourth-order valence-corrected chi connectivity index (χ4v) is 4.36. The number of likely N-dealkylation sites (N-methyl/N-ethyl adjacent to an activating group) is 1. The summed E-state index contributed by atoms with van der Waals surface area (Å²) in [6.45, 7) is 5.08. The Balaban J connectivity index is 1.36. The van der Waals surface area contributed by atoms with Crippen molar-refractivity contribution in [2.45, 2.75) is 44.7 Å². The molecule has 0 unspecified atom stereocenters. The Bertz CT molecular complexity index is 584. The van der Waals surface area contributed by atoms with E-state index in [0.717, 1.165) is 51.5 Å². The third-order valence-corrected chi connectivity index (χ3v) is 5.87. The highest BCUT2D eigenvalue weighted by Gasteiger charge is 2.40. The summed E-state index contributed by atoms with van der Waals surface area (Å²) in [6, 6.07) is 0.389. The lowest BCUT2D eigenvalue weighted by Crippen LogP contribution is -2.47. The summed E-state index contributed by atoms with van der Waals surface area (Å²) >= 11 is 0. The Hall–Kier alpha value is -1.69. The minimum absolute atomic E-state index is 0.307. The summed E-state index contributed by atoms with van der Waals surface area (Å²) in [6.07, 6.45) is 9.62. The van der Waals surface area contributed by atoms with E-state index in [1.54, 1.807) is 0 Å². The van der Waals surface area contributed by atoms with Crippen LogP contribution in [-0.4, -0.2) is 64.9 Å². The molecule has 130 valence electrons. The Morgan fingerprint density at radius 1 is 1.12 bits per heavy atom. The van der Waals surface area contributed by atoms with Gasteiger partial charge >= 0.3 is 0 Å². The van der Waals surface area contributed by atoms with Gasteiger partial charge in [-0.3, -0.25) is 9.69 Å². The molecule has 0 N–H and O–H groups in total. The number of amides is 1. The molecule has 3 saturated heterocycles. The summed E-state index contributed by atoms with van der Waals surface area (Å²) in [5.41, 5.74) is 1.17. The Kier molecular flexibility index (Phi) is 4.39. The fourth-order valence-electron chi connectivity index (χ4n) is 4.36. The monoisotopic (exact) mass is 329 g/mol. The van der Waals surface area contributed by atoms with Gasteiger partial charge < -0.3 is 9.80 Å². The molecule has 24 heavy (non-hydrogen) atoms. The van der Waals surface area contributed by atoms with E-state index in [9.17, 15) is 4.79 Å².